The molecule has 4 aromatic heterocycles. The van der Waals surface area contributed by atoms with E-state index in [1.807, 2.05) is 37.5 Å². The van der Waals surface area contributed by atoms with Crippen LogP contribution in [-0.4, -0.2) is 28.0 Å². The van der Waals surface area contributed by atoms with Crippen LogP contribution in [0.3, 0.4) is 0 Å². The first kappa shape index (κ1) is 19.8. The van der Waals surface area contributed by atoms with Crippen LogP contribution in [0, 0.1) is 6.92 Å². The molecule has 152 valence electrons. The van der Waals surface area contributed by atoms with E-state index in [1.54, 1.807) is 36.9 Å². The fourth-order valence-corrected chi connectivity index (χ4v) is 3.99. The molecule has 0 saturated heterocycles. The van der Waals surface area contributed by atoms with Crippen LogP contribution < -0.4 is 15.4 Å². The summed E-state index contributed by atoms with van der Waals surface area (Å²) < 4.78 is 6.06. The van der Waals surface area contributed by atoms with Crippen molar-refractivity contribution in [3.63, 3.8) is 0 Å². The molecule has 8 heteroatoms. The fraction of sp³-hybridized carbons (Fsp3) is 0.182. The lowest BCUT2D eigenvalue weighted by molar-refractivity contribution is 0.0948. The molecular formula is C22H21N5O2S. The summed E-state index contributed by atoms with van der Waals surface area (Å²) in [6.45, 7) is 3.05. The first-order valence-electron chi connectivity index (χ1n) is 9.42. The quantitative estimate of drug-likeness (QED) is 0.472. The number of anilines is 1. The third-order valence-electron chi connectivity index (χ3n) is 4.52. The molecule has 2 N–H and O–H groups in total. The van der Waals surface area contributed by atoms with Gasteiger partial charge in [0.25, 0.3) is 5.91 Å². The third kappa shape index (κ3) is 4.55. The van der Waals surface area contributed by atoms with Crippen LogP contribution in [-0.2, 0) is 13.1 Å². The second kappa shape index (κ2) is 8.87. The number of aromatic nitrogens is 3. The molecule has 4 aromatic rings. The van der Waals surface area contributed by atoms with Crippen molar-refractivity contribution in [1.82, 2.24) is 20.3 Å². The van der Waals surface area contributed by atoms with Gasteiger partial charge in [-0.3, -0.25) is 14.8 Å². The lowest BCUT2D eigenvalue weighted by Gasteiger charge is -2.06. The summed E-state index contributed by atoms with van der Waals surface area (Å²) in [5.74, 6) is 0.319. The van der Waals surface area contributed by atoms with E-state index in [2.05, 4.69) is 31.7 Å². The number of nitrogens with zero attached hydrogens (tertiary/aromatic N) is 3. The van der Waals surface area contributed by atoms with Crippen molar-refractivity contribution in [2.45, 2.75) is 20.0 Å². The van der Waals surface area contributed by atoms with Crippen molar-refractivity contribution in [2.75, 3.05) is 12.4 Å². The number of carbonyl (C=O) groups excluding carboxylic acids is 1. The number of fused-ring (bicyclic) bond motifs is 1. The summed E-state index contributed by atoms with van der Waals surface area (Å²) in [4.78, 5) is 25.4. The van der Waals surface area contributed by atoms with E-state index in [9.17, 15) is 4.79 Å². The van der Waals surface area contributed by atoms with Crippen LogP contribution in [0.15, 0.2) is 55.1 Å². The summed E-state index contributed by atoms with van der Waals surface area (Å²) in [5, 5.41) is 8.13. The predicted molar refractivity (Wildman–Crippen MR) is 118 cm³/mol. The molecule has 0 aliphatic rings. The maximum absolute atomic E-state index is 12.7. The second-order valence-corrected chi connectivity index (χ2v) is 7.88. The normalized spacial score (nSPS) is 10.7. The van der Waals surface area contributed by atoms with Crippen molar-refractivity contribution >= 4 is 32.3 Å². The highest BCUT2D eigenvalue weighted by Gasteiger charge is 2.14. The smallest absolute Gasteiger partial charge is 0.270 e. The Labute approximate surface area is 178 Å². The van der Waals surface area contributed by atoms with Gasteiger partial charge in [-0.1, -0.05) is 12.1 Å². The zero-order chi connectivity index (χ0) is 20.9. The molecular weight excluding hydrogens is 398 g/mol. The van der Waals surface area contributed by atoms with E-state index in [0.29, 0.717) is 24.7 Å². The maximum atomic E-state index is 12.7. The minimum atomic E-state index is -0.219. The minimum absolute atomic E-state index is 0.219. The highest BCUT2D eigenvalue weighted by Crippen LogP contribution is 2.31. The summed E-state index contributed by atoms with van der Waals surface area (Å²) in [6, 6.07) is 9.62. The lowest BCUT2D eigenvalue weighted by Crippen LogP contribution is -2.24. The van der Waals surface area contributed by atoms with E-state index >= 15 is 0 Å². The van der Waals surface area contributed by atoms with Crippen LogP contribution in [0.5, 0.6) is 5.88 Å². The van der Waals surface area contributed by atoms with Crippen molar-refractivity contribution in [2.24, 2.45) is 0 Å². The Hall–Kier alpha value is -3.52. The fourth-order valence-electron chi connectivity index (χ4n) is 3.04. The van der Waals surface area contributed by atoms with Gasteiger partial charge < -0.3 is 15.4 Å². The summed E-state index contributed by atoms with van der Waals surface area (Å²) in [7, 11) is 1.57. The first-order valence-corrected chi connectivity index (χ1v) is 10.2. The molecule has 0 aliphatic carbocycles. The van der Waals surface area contributed by atoms with Crippen molar-refractivity contribution < 1.29 is 9.53 Å². The molecule has 0 unspecified atom stereocenters. The highest BCUT2D eigenvalue weighted by atomic mass is 32.1. The Bertz CT molecular complexity index is 1170. The van der Waals surface area contributed by atoms with Gasteiger partial charge in [0.15, 0.2) is 0 Å². The predicted octanol–water partition coefficient (Wildman–Crippen LogP) is 3.95. The van der Waals surface area contributed by atoms with Gasteiger partial charge in [0.2, 0.25) is 5.88 Å². The topological polar surface area (TPSA) is 89.0 Å². The number of amides is 1. The number of rotatable bonds is 7. The Kier molecular flexibility index (Phi) is 5.85. The number of carbonyl (C=O) groups is 1. The van der Waals surface area contributed by atoms with E-state index in [-0.39, 0.29) is 5.91 Å². The van der Waals surface area contributed by atoms with E-state index in [0.717, 1.165) is 31.8 Å². The zero-order valence-electron chi connectivity index (χ0n) is 16.7. The maximum Gasteiger partial charge on any atom is 0.270 e. The van der Waals surface area contributed by atoms with Gasteiger partial charge in [0, 0.05) is 54.0 Å². The molecule has 0 bridgehead atoms. The molecule has 0 aliphatic heterocycles. The molecule has 0 aromatic carbocycles. The number of aryl methyl sites for hydroxylation is 1. The molecule has 4 rings (SSSR count). The number of ether oxygens (including phenoxy) is 1. The number of methoxy groups -OCH3 is 1. The van der Waals surface area contributed by atoms with Crippen LogP contribution in [0.2, 0.25) is 0 Å². The molecule has 30 heavy (non-hydrogen) atoms. The lowest BCUT2D eigenvalue weighted by atomic mass is 10.2. The molecule has 0 spiro atoms. The summed E-state index contributed by atoms with van der Waals surface area (Å²) in [6.07, 6.45) is 7.03. The van der Waals surface area contributed by atoms with Crippen LogP contribution in [0.25, 0.3) is 10.1 Å². The second-order valence-electron chi connectivity index (χ2n) is 6.80. The van der Waals surface area contributed by atoms with E-state index in [4.69, 9.17) is 4.74 Å². The van der Waals surface area contributed by atoms with Crippen molar-refractivity contribution in [3.05, 3.63) is 77.5 Å². The number of thiophene rings is 1. The SMILES string of the molecule is COc1ccc(CNC(=O)c2nccc3sc(NCc4cncc(C)c4)cc23)cn1. The van der Waals surface area contributed by atoms with Gasteiger partial charge in [0.05, 0.1) is 12.1 Å². The number of hydrogen-bond donors (Lipinski definition) is 2. The molecule has 0 atom stereocenters. The average molecular weight is 420 g/mol. The Balaban J connectivity index is 1.46. The highest BCUT2D eigenvalue weighted by molar-refractivity contribution is 7.22. The summed E-state index contributed by atoms with van der Waals surface area (Å²) >= 11 is 1.60. The molecule has 1 amide bonds. The van der Waals surface area contributed by atoms with Crippen LogP contribution >= 0.6 is 11.3 Å². The molecule has 0 radical (unpaired) electrons. The standard InChI is InChI=1S/C22H21N5O2S/c1-14-7-16(10-23-9-14)13-26-20-8-17-18(30-20)5-6-24-21(17)22(28)27-12-15-3-4-19(29-2)25-11-15/h3-11,26H,12-13H2,1-2H3,(H,27,28). The van der Waals surface area contributed by atoms with Gasteiger partial charge in [-0.15, -0.1) is 11.3 Å². The Morgan fingerprint density at radius 1 is 1.07 bits per heavy atom. The monoisotopic (exact) mass is 419 g/mol. The van der Waals surface area contributed by atoms with Gasteiger partial charge in [-0.2, -0.15) is 0 Å². The zero-order valence-corrected chi connectivity index (χ0v) is 17.5. The Morgan fingerprint density at radius 3 is 2.73 bits per heavy atom. The first-order chi connectivity index (χ1) is 14.6. The van der Waals surface area contributed by atoms with E-state index in [1.165, 1.54) is 0 Å². The molecule has 0 saturated carbocycles. The third-order valence-corrected chi connectivity index (χ3v) is 5.58. The summed E-state index contributed by atoms with van der Waals surface area (Å²) in [5.41, 5.74) is 3.53. The minimum Gasteiger partial charge on any atom is -0.481 e. The van der Waals surface area contributed by atoms with Gasteiger partial charge in [-0.05, 0) is 35.7 Å². The number of nitrogens with one attached hydrogen (secondary N) is 2. The molecule has 4 heterocycles. The number of hydrogen-bond acceptors (Lipinski definition) is 7. The molecule has 7 nitrogen and oxygen atoms in total. The van der Waals surface area contributed by atoms with Crippen molar-refractivity contribution in [1.29, 1.82) is 0 Å². The van der Waals surface area contributed by atoms with Crippen LogP contribution in [0.4, 0.5) is 5.00 Å². The van der Waals surface area contributed by atoms with E-state index < -0.39 is 0 Å². The average Bonchev–Trinajstić information content (AvgIpc) is 3.19. The van der Waals surface area contributed by atoms with Gasteiger partial charge in [-0.25, -0.2) is 4.98 Å². The van der Waals surface area contributed by atoms with Gasteiger partial charge in [0.1, 0.15) is 5.69 Å². The van der Waals surface area contributed by atoms with Gasteiger partial charge >= 0.3 is 0 Å². The number of pyridine rings is 3. The van der Waals surface area contributed by atoms with Crippen LogP contribution in [0.1, 0.15) is 27.2 Å². The molecule has 0 fully saturated rings. The Morgan fingerprint density at radius 2 is 1.97 bits per heavy atom. The largest absolute Gasteiger partial charge is 0.481 e. The van der Waals surface area contributed by atoms with Crippen molar-refractivity contribution in [3.8, 4) is 5.88 Å².